The number of aryl methyl sites for hydroxylation is 1. The Morgan fingerprint density at radius 1 is 1.50 bits per heavy atom. The molecule has 1 amide bonds. The van der Waals surface area contributed by atoms with Gasteiger partial charge in [-0.15, -0.1) is 11.3 Å². The second kappa shape index (κ2) is 4.32. The lowest BCUT2D eigenvalue weighted by Crippen LogP contribution is -2.13. The molecule has 0 saturated carbocycles. The summed E-state index contributed by atoms with van der Waals surface area (Å²) in [6.07, 6.45) is 0. The van der Waals surface area contributed by atoms with Crippen molar-refractivity contribution < 1.29 is 4.79 Å². The smallest absolute Gasteiger partial charge is 0.275 e. The highest BCUT2D eigenvalue weighted by molar-refractivity contribution is 7.07. The summed E-state index contributed by atoms with van der Waals surface area (Å²) >= 11 is 1.39. The number of nitrogens with zero attached hydrogens (tertiary/aromatic N) is 1. The van der Waals surface area contributed by atoms with E-state index in [0.717, 1.165) is 11.3 Å². The average Bonchev–Trinajstić information content (AvgIpc) is 2.76. The first-order valence-electron chi connectivity index (χ1n) is 4.72. The molecule has 82 valence electrons. The van der Waals surface area contributed by atoms with Gasteiger partial charge in [0.1, 0.15) is 5.69 Å². The summed E-state index contributed by atoms with van der Waals surface area (Å²) in [6, 6.07) is 5.40. The first-order chi connectivity index (χ1) is 7.66. The summed E-state index contributed by atoms with van der Waals surface area (Å²) in [6.45, 7) is 1.91. The van der Waals surface area contributed by atoms with E-state index in [1.54, 1.807) is 23.0 Å². The molecule has 1 heterocycles. The first kappa shape index (κ1) is 10.6. The predicted molar refractivity (Wildman–Crippen MR) is 65.7 cm³/mol. The molecule has 0 radical (unpaired) electrons. The van der Waals surface area contributed by atoms with E-state index < -0.39 is 0 Å². The molecule has 0 bridgehead atoms. The molecule has 4 nitrogen and oxygen atoms in total. The van der Waals surface area contributed by atoms with Crippen LogP contribution in [0, 0.1) is 6.92 Å². The minimum atomic E-state index is -0.213. The van der Waals surface area contributed by atoms with Crippen molar-refractivity contribution in [1.82, 2.24) is 4.98 Å². The van der Waals surface area contributed by atoms with E-state index in [1.165, 1.54) is 11.3 Å². The second-order valence-corrected chi connectivity index (χ2v) is 4.12. The number of aromatic nitrogens is 1. The third kappa shape index (κ3) is 2.20. The molecule has 0 saturated heterocycles. The van der Waals surface area contributed by atoms with Gasteiger partial charge in [-0.25, -0.2) is 4.98 Å². The van der Waals surface area contributed by atoms with Gasteiger partial charge in [0.2, 0.25) is 0 Å². The fourth-order valence-electron chi connectivity index (χ4n) is 1.29. The van der Waals surface area contributed by atoms with Gasteiger partial charge in [-0.3, -0.25) is 4.79 Å². The summed E-state index contributed by atoms with van der Waals surface area (Å²) in [5.74, 6) is -0.213. The number of hydrogen-bond donors (Lipinski definition) is 2. The third-order valence-electron chi connectivity index (χ3n) is 2.17. The van der Waals surface area contributed by atoms with Crippen LogP contribution in [0.3, 0.4) is 0 Å². The number of carbonyl (C=O) groups is 1. The SMILES string of the molecule is Cc1ccc(N)cc1NC(=O)c1cscn1. The van der Waals surface area contributed by atoms with Crippen LogP contribution in [-0.2, 0) is 0 Å². The maximum atomic E-state index is 11.7. The Labute approximate surface area is 97.1 Å². The minimum Gasteiger partial charge on any atom is -0.399 e. The average molecular weight is 233 g/mol. The molecule has 2 rings (SSSR count). The van der Waals surface area contributed by atoms with Gasteiger partial charge in [-0.1, -0.05) is 6.07 Å². The standard InChI is InChI=1S/C11H11N3OS/c1-7-2-3-8(12)4-9(7)14-11(15)10-5-16-6-13-10/h2-6H,12H2,1H3,(H,14,15). The molecule has 0 aliphatic heterocycles. The van der Waals surface area contributed by atoms with E-state index in [9.17, 15) is 4.79 Å². The number of anilines is 2. The van der Waals surface area contributed by atoms with Crippen LogP contribution in [0.1, 0.15) is 16.1 Å². The van der Waals surface area contributed by atoms with E-state index in [-0.39, 0.29) is 5.91 Å². The number of hydrogen-bond acceptors (Lipinski definition) is 4. The van der Waals surface area contributed by atoms with Crippen molar-refractivity contribution in [2.24, 2.45) is 0 Å². The van der Waals surface area contributed by atoms with Gasteiger partial charge in [-0.05, 0) is 24.6 Å². The Bertz CT molecular complexity index is 508. The summed E-state index contributed by atoms with van der Waals surface area (Å²) in [5.41, 5.74) is 10.0. The molecule has 16 heavy (non-hydrogen) atoms. The third-order valence-corrected chi connectivity index (χ3v) is 2.76. The molecule has 2 aromatic rings. The number of thiazole rings is 1. The van der Waals surface area contributed by atoms with Crippen molar-refractivity contribution in [2.75, 3.05) is 11.1 Å². The molecule has 0 unspecified atom stereocenters. The van der Waals surface area contributed by atoms with E-state index in [2.05, 4.69) is 10.3 Å². The zero-order valence-electron chi connectivity index (χ0n) is 8.73. The Morgan fingerprint density at radius 2 is 2.31 bits per heavy atom. The number of benzene rings is 1. The van der Waals surface area contributed by atoms with Gasteiger partial charge in [0.15, 0.2) is 0 Å². The Hall–Kier alpha value is -1.88. The lowest BCUT2D eigenvalue weighted by molar-refractivity contribution is 0.102. The number of rotatable bonds is 2. The fourth-order valence-corrected chi connectivity index (χ4v) is 1.82. The van der Waals surface area contributed by atoms with Crippen molar-refractivity contribution in [3.63, 3.8) is 0 Å². The number of nitrogens with two attached hydrogens (primary N) is 1. The first-order valence-corrected chi connectivity index (χ1v) is 5.67. The molecule has 0 spiro atoms. The number of amides is 1. The summed E-state index contributed by atoms with van der Waals surface area (Å²) < 4.78 is 0. The highest BCUT2D eigenvalue weighted by Crippen LogP contribution is 2.18. The van der Waals surface area contributed by atoms with E-state index in [0.29, 0.717) is 11.4 Å². The summed E-state index contributed by atoms with van der Waals surface area (Å²) in [7, 11) is 0. The van der Waals surface area contributed by atoms with Crippen LogP contribution in [-0.4, -0.2) is 10.9 Å². The van der Waals surface area contributed by atoms with Crippen LogP contribution in [0.15, 0.2) is 29.1 Å². The Morgan fingerprint density at radius 3 is 3.00 bits per heavy atom. The number of nitrogen functional groups attached to an aromatic ring is 1. The van der Waals surface area contributed by atoms with Crippen molar-refractivity contribution in [3.8, 4) is 0 Å². The van der Waals surface area contributed by atoms with Crippen LogP contribution in [0.4, 0.5) is 11.4 Å². The second-order valence-electron chi connectivity index (χ2n) is 3.40. The van der Waals surface area contributed by atoms with Crippen LogP contribution in [0.25, 0.3) is 0 Å². The zero-order chi connectivity index (χ0) is 11.5. The Balaban J connectivity index is 2.21. The van der Waals surface area contributed by atoms with Gasteiger partial charge in [0, 0.05) is 16.8 Å². The molecular weight excluding hydrogens is 222 g/mol. The van der Waals surface area contributed by atoms with E-state index >= 15 is 0 Å². The molecule has 5 heteroatoms. The highest BCUT2D eigenvalue weighted by atomic mass is 32.1. The lowest BCUT2D eigenvalue weighted by atomic mass is 10.2. The van der Waals surface area contributed by atoms with E-state index in [4.69, 9.17) is 5.73 Å². The molecule has 1 aromatic carbocycles. The number of nitrogens with one attached hydrogen (secondary N) is 1. The predicted octanol–water partition coefficient (Wildman–Crippen LogP) is 2.29. The van der Waals surface area contributed by atoms with Gasteiger partial charge < -0.3 is 11.1 Å². The van der Waals surface area contributed by atoms with Crippen LogP contribution < -0.4 is 11.1 Å². The minimum absolute atomic E-state index is 0.213. The molecular formula is C11H11N3OS. The zero-order valence-corrected chi connectivity index (χ0v) is 9.54. The van der Waals surface area contributed by atoms with Crippen LogP contribution in [0.5, 0.6) is 0 Å². The molecule has 1 aromatic heterocycles. The molecule has 0 aliphatic carbocycles. The monoisotopic (exact) mass is 233 g/mol. The van der Waals surface area contributed by atoms with Gasteiger partial charge in [-0.2, -0.15) is 0 Å². The lowest BCUT2D eigenvalue weighted by Gasteiger charge is -2.07. The maximum absolute atomic E-state index is 11.7. The van der Waals surface area contributed by atoms with E-state index in [1.807, 2.05) is 13.0 Å². The van der Waals surface area contributed by atoms with Crippen LogP contribution in [0.2, 0.25) is 0 Å². The fraction of sp³-hybridized carbons (Fsp3) is 0.0909. The van der Waals surface area contributed by atoms with Crippen molar-refractivity contribution in [3.05, 3.63) is 40.3 Å². The molecule has 0 fully saturated rings. The Kier molecular flexibility index (Phi) is 2.87. The maximum Gasteiger partial charge on any atom is 0.275 e. The summed E-state index contributed by atoms with van der Waals surface area (Å²) in [4.78, 5) is 15.7. The van der Waals surface area contributed by atoms with Crippen LogP contribution >= 0.6 is 11.3 Å². The van der Waals surface area contributed by atoms with Gasteiger partial charge in [0.05, 0.1) is 5.51 Å². The normalized spacial score (nSPS) is 10.1. The van der Waals surface area contributed by atoms with Gasteiger partial charge >= 0.3 is 0 Å². The van der Waals surface area contributed by atoms with Crippen molar-refractivity contribution in [1.29, 1.82) is 0 Å². The van der Waals surface area contributed by atoms with Gasteiger partial charge in [0.25, 0.3) is 5.91 Å². The largest absolute Gasteiger partial charge is 0.399 e. The molecule has 0 aliphatic rings. The quantitative estimate of drug-likeness (QED) is 0.782. The number of carbonyl (C=O) groups excluding carboxylic acids is 1. The topological polar surface area (TPSA) is 68.0 Å². The van der Waals surface area contributed by atoms with Crippen molar-refractivity contribution in [2.45, 2.75) is 6.92 Å². The van der Waals surface area contributed by atoms with Crippen molar-refractivity contribution >= 4 is 28.6 Å². The molecule has 0 atom stereocenters. The highest BCUT2D eigenvalue weighted by Gasteiger charge is 2.09. The summed E-state index contributed by atoms with van der Waals surface area (Å²) in [5, 5.41) is 4.48. The molecule has 3 N–H and O–H groups in total.